The van der Waals surface area contributed by atoms with E-state index < -0.39 is 6.10 Å². The Morgan fingerprint density at radius 2 is 1.68 bits per heavy atom. The van der Waals surface area contributed by atoms with Crippen LogP contribution in [0.1, 0.15) is 30.0 Å². The van der Waals surface area contributed by atoms with Gasteiger partial charge in [-0.2, -0.15) is 0 Å². The van der Waals surface area contributed by atoms with Crippen LogP contribution in [0.5, 0.6) is 0 Å². The van der Waals surface area contributed by atoms with Gasteiger partial charge >= 0.3 is 0 Å². The molecule has 0 saturated carbocycles. The number of nitrogens with one attached hydrogen (secondary N) is 1. The molecule has 2 aromatic carbocycles. The molecule has 3 rings (SSSR count). The zero-order valence-corrected chi connectivity index (χ0v) is 14.6. The number of nitrogens with zero attached hydrogens (tertiary/aromatic N) is 1. The second kappa shape index (κ2) is 9.09. The summed E-state index contributed by atoms with van der Waals surface area (Å²) in [5, 5.41) is 13.8. The molecule has 25 heavy (non-hydrogen) atoms. The van der Waals surface area contributed by atoms with Gasteiger partial charge in [-0.1, -0.05) is 48.5 Å². The lowest BCUT2D eigenvalue weighted by Crippen LogP contribution is -2.38. The predicted octanol–water partition coefficient (Wildman–Crippen LogP) is 3.16. The fraction of sp³-hybridized carbons (Fsp3) is 0.429. The summed E-state index contributed by atoms with van der Waals surface area (Å²) in [5.74, 6) is -0.178. The number of halogens is 1. The van der Waals surface area contributed by atoms with Gasteiger partial charge in [-0.25, -0.2) is 4.39 Å². The molecule has 1 fully saturated rings. The molecule has 0 aliphatic carbocycles. The minimum atomic E-state index is -0.412. The van der Waals surface area contributed by atoms with E-state index in [0.29, 0.717) is 25.1 Å². The van der Waals surface area contributed by atoms with Crippen LogP contribution >= 0.6 is 0 Å². The van der Waals surface area contributed by atoms with E-state index in [-0.39, 0.29) is 11.9 Å². The molecule has 3 nitrogen and oxygen atoms in total. The normalized spacial score (nSPS) is 17.5. The van der Waals surface area contributed by atoms with E-state index in [1.807, 2.05) is 42.5 Å². The van der Waals surface area contributed by atoms with Crippen molar-refractivity contribution in [3.8, 4) is 0 Å². The van der Waals surface area contributed by atoms with Gasteiger partial charge in [0.05, 0.1) is 6.10 Å². The van der Waals surface area contributed by atoms with Crippen molar-refractivity contribution in [3.05, 3.63) is 71.5 Å². The van der Waals surface area contributed by atoms with Gasteiger partial charge in [0.25, 0.3) is 0 Å². The van der Waals surface area contributed by atoms with Crippen LogP contribution in [-0.4, -0.2) is 42.3 Å². The zero-order valence-electron chi connectivity index (χ0n) is 14.6. The first-order valence-electron chi connectivity index (χ1n) is 9.14. The fourth-order valence-corrected chi connectivity index (χ4v) is 3.48. The molecule has 2 N–H and O–H groups in total. The molecule has 4 heteroatoms. The summed E-state index contributed by atoms with van der Waals surface area (Å²) >= 11 is 0. The molecule has 0 radical (unpaired) electrons. The molecule has 1 saturated heterocycles. The number of aliphatic hydroxyl groups is 1. The summed E-state index contributed by atoms with van der Waals surface area (Å²) in [6.07, 6.45) is 2.60. The van der Waals surface area contributed by atoms with Crippen LogP contribution < -0.4 is 5.32 Å². The monoisotopic (exact) mass is 342 g/mol. The molecule has 0 aromatic heterocycles. The van der Waals surface area contributed by atoms with Gasteiger partial charge < -0.3 is 15.3 Å². The maximum absolute atomic E-state index is 14.1. The molecular formula is C21H27FN2O. The van der Waals surface area contributed by atoms with Gasteiger partial charge in [0, 0.05) is 19.1 Å². The van der Waals surface area contributed by atoms with Crippen molar-refractivity contribution in [3.63, 3.8) is 0 Å². The molecule has 134 valence electrons. The van der Waals surface area contributed by atoms with E-state index in [0.717, 1.165) is 18.7 Å². The van der Waals surface area contributed by atoms with Crippen LogP contribution in [-0.2, 0) is 6.42 Å². The van der Waals surface area contributed by atoms with E-state index >= 15 is 0 Å². The third-order valence-electron chi connectivity index (χ3n) is 4.85. The number of rotatable bonds is 8. The Bertz CT molecular complexity index is 643. The van der Waals surface area contributed by atoms with E-state index in [4.69, 9.17) is 0 Å². The van der Waals surface area contributed by atoms with Gasteiger partial charge in [0.2, 0.25) is 0 Å². The van der Waals surface area contributed by atoms with Crippen molar-refractivity contribution in [1.29, 1.82) is 0 Å². The Balaban J connectivity index is 1.63. The molecular weight excluding hydrogens is 315 g/mol. The van der Waals surface area contributed by atoms with E-state index in [1.165, 1.54) is 18.9 Å². The molecule has 0 spiro atoms. The molecule has 2 aromatic rings. The van der Waals surface area contributed by atoms with Gasteiger partial charge in [0.15, 0.2) is 0 Å². The first kappa shape index (κ1) is 18.1. The number of β-amino-alcohol motifs (C(OH)–C–C–N with tert-alkyl or cyclic N) is 1. The van der Waals surface area contributed by atoms with Crippen molar-refractivity contribution in [1.82, 2.24) is 10.2 Å². The Labute approximate surface area is 149 Å². The highest BCUT2D eigenvalue weighted by atomic mass is 19.1. The first-order chi connectivity index (χ1) is 12.2. The standard InChI is InChI=1S/C21H27FN2O/c22-20-11-5-4-10-18(20)14-21(17-8-2-1-3-9-17)23-15-19(25)16-24-12-6-7-13-24/h1-5,8-11,19,21,23,25H,6-7,12-16H2. The van der Waals surface area contributed by atoms with Gasteiger partial charge in [-0.3, -0.25) is 0 Å². The van der Waals surface area contributed by atoms with Crippen LogP contribution in [0.4, 0.5) is 4.39 Å². The lowest BCUT2D eigenvalue weighted by molar-refractivity contribution is 0.120. The SMILES string of the molecule is OC(CNC(Cc1ccccc1F)c1ccccc1)CN1CCCC1. The highest BCUT2D eigenvalue weighted by Gasteiger charge is 2.18. The predicted molar refractivity (Wildman–Crippen MR) is 99.0 cm³/mol. The van der Waals surface area contributed by atoms with Crippen molar-refractivity contribution in [2.24, 2.45) is 0 Å². The van der Waals surface area contributed by atoms with Gasteiger partial charge in [-0.15, -0.1) is 0 Å². The van der Waals surface area contributed by atoms with E-state index in [9.17, 15) is 9.50 Å². The van der Waals surface area contributed by atoms with Crippen LogP contribution in [0, 0.1) is 5.82 Å². The highest BCUT2D eigenvalue weighted by Crippen LogP contribution is 2.20. The minimum absolute atomic E-state index is 0.0219. The Kier molecular flexibility index (Phi) is 6.56. The Hall–Kier alpha value is -1.75. The number of likely N-dealkylation sites (tertiary alicyclic amines) is 1. The molecule has 2 unspecified atom stereocenters. The third kappa shape index (κ3) is 5.36. The maximum atomic E-state index is 14.1. The topological polar surface area (TPSA) is 35.5 Å². The van der Waals surface area contributed by atoms with Crippen molar-refractivity contribution in [2.75, 3.05) is 26.2 Å². The van der Waals surface area contributed by atoms with Crippen LogP contribution in [0.2, 0.25) is 0 Å². The second-order valence-corrected chi connectivity index (χ2v) is 6.83. The molecule has 1 aliphatic rings. The summed E-state index contributed by atoms with van der Waals surface area (Å²) in [5.41, 5.74) is 1.80. The van der Waals surface area contributed by atoms with Crippen LogP contribution in [0.3, 0.4) is 0 Å². The summed E-state index contributed by atoms with van der Waals surface area (Å²) in [7, 11) is 0. The quantitative estimate of drug-likeness (QED) is 0.774. The summed E-state index contributed by atoms with van der Waals surface area (Å²) in [4.78, 5) is 2.31. The average molecular weight is 342 g/mol. The average Bonchev–Trinajstić information content (AvgIpc) is 3.14. The largest absolute Gasteiger partial charge is 0.390 e. The fourth-order valence-electron chi connectivity index (χ4n) is 3.48. The van der Waals surface area contributed by atoms with E-state index in [2.05, 4.69) is 10.2 Å². The van der Waals surface area contributed by atoms with Crippen LogP contribution in [0.15, 0.2) is 54.6 Å². The number of benzene rings is 2. The first-order valence-corrected chi connectivity index (χ1v) is 9.14. The minimum Gasteiger partial charge on any atom is -0.390 e. The lowest BCUT2D eigenvalue weighted by atomic mass is 9.98. The summed E-state index contributed by atoms with van der Waals surface area (Å²) in [6.45, 7) is 3.36. The third-order valence-corrected chi connectivity index (χ3v) is 4.85. The Morgan fingerprint density at radius 3 is 2.40 bits per heavy atom. The molecule has 2 atom stereocenters. The van der Waals surface area contributed by atoms with E-state index in [1.54, 1.807) is 6.07 Å². The molecule has 1 aliphatic heterocycles. The van der Waals surface area contributed by atoms with Gasteiger partial charge in [0.1, 0.15) is 5.82 Å². The molecule has 0 bridgehead atoms. The highest BCUT2D eigenvalue weighted by molar-refractivity contribution is 5.24. The van der Waals surface area contributed by atoms with Crippen molar-refractivity contribution in [2.45, 2.75) is 31.4 Å². The molecule has 1 heterocycles. The summed E-state index contributed by atoms with van der Waals surface area (Å²) < 4.78 is 14.1. The van der Waals surface area contributed by atoms with Crippen LogP contribution in [0.25, 0.3) is 0 Å². The maximum Gasteiger partial charge on any atom is 0.126 e. The summed E-state index contributed by atoms with van der Waals surface area (Å²) in [6, 6.07) is 16.9. The molecule has 0 amide bonds. The number of hydrogen-bond donors (Lipinski definition) is 2. The number of hydrogen-bond acceptors (Lipinski definition) is 3. The van der Waals surface area contributed by atoms with Crippen molar-refractivity contribution >= 4 is 0 Å². The Morgan fingerprint density at radius 1 is 1.00 bits per heavy atom. The zero-order chi connectivity index (χ0) is 17.5. The number of aliphatic hydroxyl groups excluding tert-OH is 1. The second-order valence-electron chi connectivity index (χ2n) is 6.83. The smallest absolute Gasteiger partial charge is 0.126 e. The lowest BCUT2D eigenvalue weighted by Gasteiger charge is -2.24. The van der Waals surface area contributed by atoms with Gasteiger partial charge in [-0.05, 0) is 49.5 Å². The van der Waals surface area contributed by atoms with Crippen molar-refractivity contribution < 1.29 is 9.50 Å².